The first kappa shape index (κ1) is 13.2. The van der Waals surface area contributed by atoms with Crippen molar-refractivity contribution in [2.75, 3.05) is 5.32 Å². The second kappa shape index (κ2) is 4.95. The highest BCUT2D eigenvalue weighted by atomic mass is 32.1. The SMILES string of the molecule is CCc1nnc(NC(=O)[C@@H]2[C@H](C(=O)O)[C@H]3C=C[C@H]2O3)s1. The monoisotopic (exact) mass is 295 g/mol. The lowest BCUT2D eigenvalue weighted by molar-refractivity contribution is -0.145. The van der Waals surface area contributed by atoms with Gasteiger partial charge in [-0.1, -0.05) is 30.4 Å². The van der Waals surface area contributed by atoms with Crippen molar-refractivity contribution in [3.05, 3.63) is 17.2 Å². The third-order valence-corrected chi connectivity index (χ3v) is 4.47. The van der Waals surface area contributed by atoms with Gasteiger partial charge in [-0.3, -0.25) is 9.59 Å². The van der Waals surface area contributed by atoms with Crippen molar-refractivity contribution in [1.29, 1.82) is 0 Å². The zero-order valence-corrected chi connectivity index (χ0v) is 11.5. The summed E-state index contributed by atoms with van der Waals surface area (Å²) in [7, 11) is 0. The quantitative estimate of drug-likeness (QED) is 0.793. The van der Waals surface area contributed by atoms with Crippen LogP contribution in [0.5, 0.6) is 0 Å². The van der Waals surface area contributed by atoms with E-state index in [2.05, 4.69) is 15.5 Å². The molecule has 3 heterocycles. The Balaban J connectivity index is 1.76. The van der Waals surface area contributed by atoms with E-state index in [1.807, 2.05) is 6.92 Å². The summed E-state index contributed by atoms with van der Waals surface area (Å²) in [5.41, 5.74) is 0. The molecule has 1 saturated heterocycles. The molecule has 0 aromatic carbocycles. The van der Waals surface area contributed by atoms with Crippen LogP contribution in [0.2, 0.25) is 0 Å². The van der Waals surface area contributed by atoms with Crippen molar-refractivity contribution in [3.8, 4) is 0 Å². The second-order valence-corrected chi connectivity index (χ2v) is 5.75. The van der Waals surface area contributed by atoms with Crippen molar-refractivity contribution in [2.24, 2.45) is 11.8 Å². The minimum absolute atomic E-state index is 0.381. The van der Waals surface area contributed by atoms with E-state index in [1.165, 1.54) is 11.3 Å². The molecule has 7 nitrogen and oxygen atoms in total. The van der Waals surface area contributed by atoms with Crippen LogP contribution in [0.1, 0.15) is 11.9 Å². The van der Waals surface area contributed by atoms with Crippen LogP contribution in [-0.2, 0) is 20.7 Å². The van der Waals surface area contributed by atoms with Crippen LogP contribution >= 0.6 is 11.3 Å². The molecule has 0 unspecified atom stereocenters. The summed E-state index contributed by atoms with van der Waals surface area (Å²) < 4.78 is 5.46. The molecule has 1 aromatic rings. The summed E-state index contributed by atoms with van der Waals surface area (Å²) in [6, 6.07) is 0. The highest BCUT2D eigenvalue weighted by molar-refractivity contribution is 7.15. The fourth-order valence-corrected chi connectivity index (χ4v) is 3.23. The Bertz CT molecular complexity index is 585. The minimum atomic E-state index is -1.02. The molecule has 4 atom stereocenters. The van der Waals surface area contributed by atoms with Crippen LogP contribution in [0.3, 0.4) is 0 Å². The molecule has 2 bridgehead atoms. The van der Waals surface area contributed by atoms with Crippen LogP contribution < -0.4 is 5.32 Å². The number of rotatable bonds is 4. The predicted octanol–water partition coefficient (Wildman–Crippen LogP) is 0.693. The smallest absolute Gasteiger partial charge is 0.310 e. The maximum Gasteiger partial charge on any atom is 0.310 e. The maximum atomic E-state index is 12.3. The molecular formula is C12H13N3O4S. The van der Waals surface area contributed by atoms with Gasteiger partial charge in [0.2, 0.25) is 11.0 Å². The number of ether oxygens (including phenoxy) is 1. The summed E-state index contributed by atoms with van der Waals surface area (Å²) in [4.78, 5) is 23.6. The van der Waals surface area contributed by atoms with Crippen molar-refractivity contribution < 1.29 is 19.4 Å². The molecule has 1 aromatic heterocycles. The Hall–Kier alpha value is -1.80. The molecule has 1 amide bonds. The van der Waals surface area contributed by atoms with Gasteiger partial charge < -0.3 is 15.2 Å². The first-order valence-electron chi connectivity index (χ1n) is 6.30. The number of hydrogen-bond acceptors (Lipinski definition) is 6. The number of carboxylic acids is 1. The average molecular weight is 295 g/mol. The lowest BCUT2D eigenvalue weighted by Crippen LogP contribution is -2.39. The summed E-state index contributed by atoms with van der Waals surface area (Å²) in [5.74, 6) is -2.97. The second-order valence-electron chi connectivity index (χ2n) is 4.68. The molecule has 8 heteroatoms. The third-order valence-electron chi connectivity index (χ3n) is 3.49. The van der Waals surface area contributed by atoms with Gasteiger partial charge in [-0.15, -0.1) is 10.2 Å². The fourth-order valence-electron chi connectivity index (χ4n) is 2.55. The highest BCUT2D eigenvalue weighted by Gasteiger charge is 2.53. The largest absolute Gasteiger partial charge is 0.481 e. The molecule has 106 valence electrons. The molecule has 2 aliphatic rings. The van der Waals surface area contributed by atoms with Gasteiger partial charge in [-0.05, 0) is 6.42 Å². The number of nitrogens with zero attached hydrogens (tertiary/aromatic N) is 2. The molecule has 1 fully saturated rings. The van der Waals surface area contributed by atoms with Gasteiger partial charge >= 0.3 is 5.97 Å². The number of carbonyl (C=O) groups excluding carboxylic acids is 1. The summed E-state index contributed by atoms with van der Waals surface area (Å²) in [5, 5.41) is 20.9. The van der Waals surface area contributed by atoms with E-state index >= 15 is 0 Å². The zero-order chi connectivity index (χ0) is 14.3. The third kappa shape index (κ3) is 2.10. The van der Waals surface area contributed by atoms with Gasteiger partial charge in [0.05, 0.1) is 18.1 Å². The molecule has 0 saturated carbocycles. The number of hydrogen-bond donors (Lipinski definition) is 2. The number of anilines is 1. The summed E-state index contributed by atoms with van der Waals surface area (Å²) >= 11 is 1.29. The first-order chi connectivity index (χ1) is 9.60. The Labute approximate surface area is 118 Å². The van der Waals surface area contributed by atoms with E-state index in [-0.39, 0.29) is 5.91 Å². The van der Waals surface area contributed by atoms with E-state index in [0.717, 1.165) is 11.4 Å². The number of amides is 1. The number of nitrogens with one attached hydrogen (secondary N) is 1. The van der Waals surface area contributed by atoms with Gasteiger partial charge in [-0.25, -0.2) is 0 Å². The van der Waals surface area contributed by atoms with E-state index < -0.39 is 30.0 Å². The van der Waals surface area contributed by atoms with Crippen molar-refractivity contribution in [3.63, 3.8) is 0 Å². The molecule has 0 aliphatic carbocycles. The lowest BCUT2D eigenvalue weighted by atomic mass is 9.82. The Morgan fingerprint density at radius 1 is 1.35 bits per heavy atom. The molecule has 3 rings (SSSR count). The van der Waals surface area contributed by atoms with E-state index in [0.29, 0.717) is 5.13 Å². The van der Waals surface area contributed by atoms with Crippen LogP contribution in [0, 0.1) is 11.8 Å². The van der Waals surface area contributed by atoms with Gasteiger partial charge in [0.1, 0.15) is 10.9 Å². The summed E-state index contributed by atoms with van der Waals surface area (Å²) in [6.45, 7) is 1.95. The highest BCUT2D eigenvalue weighted by Crippen LogP contribution is 2.39. The van der Waals surface area contributed by atoms with Gasteiger partial charge in [-0.2, -0.15) is 0 Å². The predicted molar refractivity (Wildman–Crippen MR) is 70.3 cm³/mol. The van der Waals surface area contributed by atoms with Crippen molar-refractivity contribution in [2.45, 2.75) is 25.6 Å². The van der Waals surface area contributed by atoms with Crippen molar-refractivity contribution in [1.82, 2.24) is 10.2 Å². The Morgan fingerprint density at radius 2 is 2.05 bits per heavy atom. The van der Waals surface area contributed by atoms with Crippen LogP contribution in [0.4, 0.5) is 5.13 Å². The number of carbonyl (C=O) groups is 2. The van der Waals surface area contributed by atoms with E-state index in [4.69, 9.17) is 4.74 Å². The maximum absolute atomic E-state index is 12.3. The Kier molecular flexibility index (Phi) is 3.27. The standard InChI is InChI=1S/C12H13N3O4S/c1-2-7-14-15-12(20-7)13-10(16)8-5-3-4-6(19-5)9(8)11(17)18/h3-6,8-9H,2H2,1H3,(H,17,18)(H,13,15,16)/t5-,6-,8+,9-/m1/s1. The minimum Gasteiger partial charge on any atom is -0.481 e. The zero-order valence-electron chi connectivity index (χ0n) is 10.6. The Morgan fingerprint density at radius 3 is 2.65 bits per heavy atom. The molecular weight excluding hydrogens is 282 g/mol. The molecule has 0 radical (unpaired) electrons. The normalized spacial score (nSPS) is 30.6. The molecule has 2 N–H and O–H groups in total. The number of fused-ring (bicyclic) bond motifs is 2. The van der Waals surface area contributed by atoms with Crippen molar-refractivity contribution >= 4 is 28.3 Å². The number of carboxylic acid groups (broad SMARTS) is 1. The van der Waals surface area contributed by atoms with Gasteiger partial charge in [0.15, 0.2) is 0 Å². The van der Waals surface area contributed by atoms with E-state index in [1.54, 1.807) is 12.2 Å². The fraction of sp³-hybridized carbons (Fsp3) is 0.500. The number of aliphatic carboxylic acids is 1. The average Bonchev–Trinajstić information content (AvgIpc) is 3.12. The number of aryl methyl sites for hydroxylation is 1. The van der Waals surface area contributed by atoms with Crippen LogP contribution in [-0.4, -0.2) is 39.4 Å². The molecule has 2 aliphatic heterocycles. The topological polar surface area (TPSA) is 101 Å². The van der Waals surface area contributed by atoms with Gasteiger partial charge in [0, 0.05) is 0 Å². The van der Waals surface area contributed by atoms with E-state index in [9.17, 15) is 14.7 Å². The van der Waals surface area contributed by atoms with Crippen LogP contribution in [0.15, 0.2) is 12.2 Å². The number of aromatic nitrogens is 2. The lowest BCUT2D eigenvalue weighted by Gasteiger charge is -2.20. The first-order valence-corrected chi connectivity index (χ1v) is 7.11. The van der Waals surface area contributed by atoms with Gasteiger partial charge in [0.25, 0.3) is 0 Å². The molecule has 20 heavy (non-hydrogen) atoms. The molecule has 0 spiro atoms. The summed E-state index contributed by atoms with van der Waals surface area (Å²) in [6.07, 6.45) is 3.19. The van der Waals surface area contributed by atoms with Crippen LogP contribution in [0.25, 0.3) is 0 Å².